The zero-order valence-corrected chi connectivity index (χ0v) is 14.5. The average Bonchev–Trinajstić information content (AvgIpc) is 2.56. The predicted molar refractivity (Wildman–Crippen MR) is 96.0 cm³/mol. The third-order valence-electron chi connectivity index (χ3n) is 2.88. The SMILES string of the molecule is O=C(CNC(=O)c1cc(Cl)ccc1Cl)N/N=C/c1ccccc1Cl. The van der Waals surface area contributed by atoms with Crippen LogP contribution in [0.15, 0.2) is 47.6 Å². The highest BCUT2D eigenvalue weighted by Crippen LogP contribution is 2.20. The second-order valence-electron chi connectivity index (χ2n) is 4.62. The number of rotatable bonds is 5. The standard InChI is InChI=1S/C16H12Cl3N3O2/c17-11-5-6-14(19)12(7-11)16(24)20-9-15(23)22-21-8-10-3-1-2-4-13(10)18/h1-8H,9H2,(H,20,24)(H,22,23)/b21-8+. The predicted octanol–water partition coefficient (Wildman–Crippen LogP) is 3.53. The molecule has 0 fully saturated rings. The highest BCUT2D eigenvalue weighted by atomic mass is 35.5. The molecule has 0 aliphatic carbocycles. The maximum absolute atomic E-state index is 12.0. The summed E-state index contributed by atoms with van der Waals surface area (Å²) >= 11 is 17.7. The molecule has 0 aliphatic heterocycles. The zero-order chi connectivity index (χ0) is 17.5. The number of nitrogens with one attached hydrogen (secondary N) is 2. The normalized spacial score (nSPS) is 10.6. The van der Waals surface area contributed by atoms with Crippen molar-refractivity contribution in [2.24, 2.45) is 5.10 Å². The van der Waals surface area contributed by atoms with Crippen LogP contribution >= 0.6 is 34.8 Å². The van der Waals surface area contributed by atoms with E-state index >= 15 is 0 Å². The second-order valence-corrected chi connectivity index (χ2v) is 5.87. The van der Waals surface area contributed by atoms with Crippen molar-refractivity contribution in [1.82, 2.24) is 10.7 Å². The van der Waals surface area contributed by atoms with Crippen LogP contribution in [0.1, 0.15) is 15.9 Å². The van der Waals surface area contributed by atoms with Crippen molar-refractivity contribution in [3.63, 3.8) is 0 Å². The molecule has 0 atom stereocenters. The topological polar surface area (TPSA) is 70.6 Å². The quantitative estimate of drug-likeness (QED) is 0.611. The lowest BCUT2D eigenvalue weighted by molar-refractivity contribution is -0.120. The molecular weight excluding hydrogens is 373 g/mol. The smallest absolute Gasteiger partial charge is 0.259 e. The van der Waals surface area contributed by atoms with Gasteiger partial charge in [-0.1, -0.05) is 53.0 Å². The molecule has 2 aromatic rings. The van der Waals surface area contributed by atoms with E-state index in [9.17, 15) is 9.59 Å². The molecule has 0 radical (unpaired) electrons. The number of carbonyl (C=O) groups is 2. The summed E-state index contributed by atoms with van der Waals surface area (Å²) in [7, 11) is 0. The number of hydrogen-bond acceptors (Lipinski definition) is 3. The molecule has 0 heterocycles. The van der Waals surface area contributed by atoms with E-state index in [0.717, 1.165) is 0 Å². The van der Waals surface area contributed by atoms with Gasteiger partial charge in [0, 0.05) is 15.6 Å². The van der Waals surface area contributed by atoms with Crippen molar-refractivity contribution in [3.05, 3.63) is 68.7 Å². The Balaban J connectivity index is 1.86. The second kappa shape index (κ2) is 8.68. The molecule has 2 amide bonds. The van der Waals surface area contributed by atoms with E-state index in [2.05, 4.69) is 15.8 Å². The summed E-state index contributed by atoms with van der Waals surface area (Å²) in [5, 5.41) is 7.34. The Morgan fingerprint density at radius 1 is 1.04 bits per heavy atom. The summed E-state index contributed by atoms with van der Waals surface area (Å²) in [6, 6.07) is 11.5. The first kappa shape index (κ1) is 18.3. The van der Waals surface area contributed by atoms with E-state index in [1.54, 1.807) is 30.3 Å². The van der Waals surface area contributed by atoms with Gasteiger partial charge in [0.25, 0.3) is 11.8 Å². The van der Waals surface area contributed by atoms with Crippen molar-refractivity contribution in [1.29, 1.82) is 0 Å². The summed E-state index contributed by atoms with van der Waals surface area (Å²) in [5.74, 6) is -1.00. The summed E-state index contributed by atoms with van der Waals surface area (Å²) in [5.41, 5.74) is 3.14. The number of nitrogens with zero attached hydrogens (tertiary/aromatic N) is 1. The van der Waals surface area contributed by atoms with Gasteiger partial charge in [0.2, 0.25) is 0 Å². The van der Waals surface area contributed by atoms with Crippen molar-refractivity contribution >= 4 is 52.8 Å². The molecule has 0 bridgehead atoms. The first-order chi connectivity index (χ1) is 11.5. The third kappa shape index (κ3) is 5.23. The summed E-state index contributed by atoms with van der Waals surface area (Å²) in [6.07, 6.45) is 1.41. The first-order valence-corrected chi connectivity index (χ1v) is 7.90. The van der Waals surface area contributed by atoms with E-state index in [-0.39, 0.29) is 17.1 Å². The van der Waals surface area contributed by atoms with Crippen molar-refractivity contribution in [3.8, 4) is 0 Å². The minimum Gasteiger partial charge on any atom is -0.343 e. The average molecular weight is 385 g/mol. The van der Waals surface area contributed by atoms with Gasteiger partial charge < -0.3 is 5.32 Å². The fourth-order valence-electron chi connectivity index (χ4n) is 1.72. The summed E-state index contributed by atoms with van der Waals surface area (Å²) < 4.78 is 0. The van der Waals surface area contributed by atoms with Crippen LogP contribution in [0, 0.1) is 0 Å². The Hall–Kier alpha value is -2.08. The highest BCUT2D eigenvalue weighted by Gasteiger charge is 2.12. The van der Waals surface area contributed by atoms with Gasteiger partial charge in [-0.3, -0.25) is 9.59 Å². The Bertz CT molecular complexity index is 794. The van der Waals surface area contributed by atoms with Crippen LogP contribution in [0.3, 0.4) is 0 Å². The van der Waals surface area contributed by atoms with Crippen molar-refractivity contribution < 1.29 is 9.59 Å². The van der Waals surface area contributed by atoms with Gasteiger partial charge in [0.05, 0.1) is 23.3 Å². The van der Waals surface area contributed by atoms with Gasteiger partial charge >= 0.3 is 0 Å². The number of carbonyl (C=O) groups excluding carboxylic acids is 2. The summed E-state index contributed by atoms with van der Waals surface area (Å²) in [6.45, 7) is -0.262. The van der Waals surface area contributed by atoms with Crippen LogP contribution in [0.4, 0.5) is 0 Å². The molecule has 2 aromatic carbocycles. The van der Waals surface area contributed by atoms with Gasteiger partial charge in [0.15, 0.2) is 0 Å². The molecule has 0 saturated carbocycles. The summed E-state index contributed by atoms with van der Waals surface area (Å²) in [4.78, 5) is 23.6. The third-order valence-corrected chi connectivity index (χ3v) is 3.79. The molecule has 8 heteroatoms. The first-order valence-electron chi connectivity index (χ1n) is 6.77. The molecule has 5 nitrogen and oxygen atoms in total. The van der Waals surface area contributed by atoms with Crippen molar-refractivity contribution in [2.75, 3.05) is 6.54 Å². The fourth-order valence-corrected chi connectivity index (χ4v) is 2.28. The van der Waals surface area contributed by atoms with Gasteiger partial charge in [-0.05, 0) is 24.3 Å². The fraction of sp³-hybridized carbons (Fsp3) is 0.0625. The van der Waals surface area contributed by atoms with E-state index in [0.29, 0.717) is 15.6 Å². The van der Waals surface area contributed by atoms with Gasteiger partial charge in [-0.2, -0.15) is 5.10 Å². The Labute approximate surface area is 153 Å². The number of hydrazone groups is 1. The lowest BCUT2D eigenvalue weighted by atomic mass is 10.2. The van der Waals surface area contributed by atoms with E-state index < -0.39 is 11.8 Å². The maximum Gasteiger partial charge on any atom is 0.259 e. The number of benzene rings is 2. The molecule has 2 rings (SSSR count). The molecule has 0 aromatic heterocycles. The highest BCUT2D eigenvalue weighted by molar-refractivity contribution is 6.35. The Morgan fingerprint density at radius 3 is 2.54 bits per heavy atom. The zero-order valence-electron chi connectivity index (χ0n) is 12.2. The molecule has 0 spiro atoms. The lowest BCUT2D eigenvalue weighted by Crippen LogP contribution is -2.35. The molecule has 0 aliphatic rings. The lowest BCUT2D eigenvalue weighted by Gasteiger charge is -2.06. The van der Waals surface area contributed by atoms with E-state index in [1.807, 2.05) is 0 Å². The molecule has 124 valence electrons. The van der Waals surface area contributed by atoms with Crippen LogP contribution in [0.25, 0.3) is 0 Å². The maximum atomic E-state index is 12.0. The van der Waals surface area contributed by atoms with Crippen LogP contribution in [0.2, 0.25) is 15.1 Å². The van der Waals surface area contributed by atoms with Crippen molar-refractivity contribution in [2.45, 2.75) is 0 Å². The number of amides is 2. The molecular formula is C16H12Cl3N3O2. The Kier molecular flexibility index (Phi) is 6.61. The molecule has 0 unspecified atom stereocenters. The van der Waals surface area contributed by atoms with Crippen LogP contribution < -0.4 is 10.7 Å². The Morgan fingerprint density at radius 2 is 1.79 bits per heavy atom. The molecule has 2 N–H and O–H groups in total. The van der Waals surface area contributed by atoms with E-state index in [4.69, 9.17) is 34.8 Å². The van der Waals surface area contributed by atoms with Gasteiger partial charge in [-0.15, -0.1) is 0 Å². The van der Waals surface area contributed by atoms with Crippen LogP contribution in [0.5, 0.6) is 0 Å². The molecule has 0 saturated heterocycles. The van der Waals surface area contributed by atoms with Gasteiger partial charge in [0.1, 0.15) is 0 Å². The van der Waals surface area contributed by atoms with E-state index in [1.165, 1.54) is 18.3 Å². The number of hydrogen-bond donors (Lipinski definition) is 2. The van der Waals surface area contributed by atoms with Crippen LogP contribution in [-0.4, -0.2) is 24.6 Å². The van der Waals surface area contributed by atoms with Gasteiger partial charge in [-0.25, -0.2) is 5.43 Å². The minimum atomic E-state index is -0.507. The number of halogens is 3. The largest absolute Gasteiger partial charge is 0.343 e. The van der Waals surface area contributed by atoms with Crippen LogP contribution in [-0.2, 0) is 4.79 Å². The minimum absolute atomic E-state index is 0.191. The monoisotopic (exact) mass is 383 g/mol. The molecule has 24 heavy (non-hydrogen) atoms.